The number of aliphatic hydroxyl groups excluding tert-OH is 12. The van der Waals surface area contributed by atoms with E-state index in [0.29, 0.717) is 12.4 Å². The van der Waals surface area contributed by atoms with E-state index in [-0.39, 0.29) is 5.56 Å². The van der Waals surface area contributed by atoms with Crippen LogP contribution in [-0.2, 0) is 76.0 Å². The van der Waals surface area contributed by atoms with Crippen molar-refractivity contribution in [1.82, 2.24) is 26.6 Å². The smallest absolute Gasteiger partial charge is 0.251 e. The van der Waals surface area contributed by atoms with Crippen molar-refractivity contribution in [3.8, 4) is 5.75 Å². The Hall–Kier alpha value is -4.59. The van der Waals surface area contributed by atoms with E-state index in [4.69, 9.17) is 61.6 Å². The van der Waals surface area contributed by atoms with Crippen LogP contribution in [0.4, 0.5) is 0 Å². The zero-order chi connectivity index (χ0) is 72.5. The highest BCUT2D eigenvalue weighted by atomic mass is 16.8. The minimum atomic E-state index is -2.05. The predicted octanol–water partition coefficient (Wildman–Crippen LogP) is -5.22. The Morgan fingerprint density at radius 1 is 0.444 bits per heavy atom. The van der Waals surface area contributed by atoms with Gasteiger partial charge in [-0.1, -0.05) is 71.3 Å². The van der Waals surface area contributed by atoms with Crippen molar-refractivity contribution < 1.29 is 147 Å². The molecule has 0 saturated carbocycles. The average Bonchev–Trinajstić information content (AvgIpc) is 0.771. The summed E-state index contributed by atoms with van der Waals surface area (Å²) in [6, 6.07) is -2.25. The third-order valence-corrected chi connectivity index (χ3v) is 18.5. The minimum Gasteiger partial charge on any atom is -0.494 e. The first kappa shape index (κ1) is 81.7. The quantitative estimate of drug-likeness (QED) is 0.0293. The van der Waals surface area contributed by atoms with Gasteiger partial charge in [-0.3, -0.25) is 24.0 Å². The van der Waals surface area contributed by atoms with Gasteiger partial charge in [0, 0.05) is 46.3 Å². The van der Waals surface area contributed by atoms with E-state index in [1.165, 1.54) is 51.3 Å². The van der Waals surface area contributed by atoms with Gasteiger partial charge in [-0.2, -0.15) is 0 Å². The predicted molar refractivity (Wildman–Crippen MR) is 336 cm³/mol. The molecule has 0 bridgehead atoms. The number of aliphatic hydroxyl groups is 12. The SMILES string of the molecule is CCCCCCCCCCCOc1cccc(C(=O)N[C@@H]2C(O[C@H]3C(O)C(NC(C)=O)C(OC4C(CO)O[C@@H](O[C@H]5C(O)C(NC(C)=O)C(OC6C(CO[C@@H]7OC(C)C(O)[C@H](C)[C@H]7OC)OC(O)C(NC(C)=O)[C@H]6O)O[C@H]5CO)[C@@H](NC(C)=O)[C@H]4O)O[C@H]3CO)OC(CO)[C@@H](O)[C@@H]2O)c1. The largest absolute Gasteiger partial charge is 0.494 e. The van der Waals surface area contributed by atoms with Crippen LogP contribution in [-0.4, -0.2) is 315 Å². The number of hydrogen-bond donors (Lipinski definition) is 17. The van der Waals surface area contributed by atoms with E-state index in [1.54, 1.807) is 26.0 Å². The number of amides is 5. The topological polar surface area (TPSA) is 508 Å². The fourth-order valence-corrected chi connectivity index (χ4v) is 13.3. The number of unbranched alkanes of at least 4 members (excludes halogenated alkanes) is 8. The summed E-state index contributed by atoms with van der Waals surface area (Å²) in [5.74, 6) is -4.05. The van der Waals surface area contributed by atoms with Crippen LogP contribution in [0.2, 0.25) is 0 Å². The normalized spacial score (nSPS) is 39.5. The lowest BCUT2D eigenvalue weighted by Gasteiger charge is -2.51. The fraction of sp³-hybridized carbons (Fsp3) is 0.828. The van der Waals surface area contributed by atoms with Crippen molar-refractivity contribution in [3.05, 3.63) is 29.8 Å². The summed E-state index contributed by atoms with van der Waals surface area (Å²) < 4.78 is 78.8. The molecule has 1 aromatic rings. The summed E-state index contributed by atoms with van der Waals surface area (Å²) in [6.45, 7) is 5.71. The molecule has 99 heavy (non-hydrogen) atoms. The molecular weight excluding hydrogens is 1320 g/mol. The third kappa shape index (κ3) is 21.1. The van der Waals surface area contributed by atoms with Gasteiger partial charge < -0.3 is 149 Å². The van der Waals surface area contributed by atoms with Crippen molar-refractivity contribution in [1.29, 1.82) is 0 Å². The lowest BCUT2D eigenvalue weighted by molar-refractivity contribution is -0.368. The van der Waals surface area contributed by atoms with E-state index in [9.17, 15) is 85.3 Å². The first-order chi connectivity index (χ1) is 47.2. The zero-order valence-corrected chi connectivity index (χ0v) is 57.0. The van der Waals surface area contributed by atoms with Gasteiger partial charge in [0.25, 0.3) is 5.91 Å². The van der Waals surface area contributed by atoms with Crippen LogP contribution in [0.5, 0.6) is 5.75 Å². The molecule has 30 atom stereocenters. The number of benzene rings is 1. The fourth-order valence-electron chi connectivity index (χ4n) is 13.3. The minimum absolute atomic E-state index is 0.0669. The Morgan fingerprint density at radius 3 is 1.28 bits per heavy atom. The van der Waals surface area contributed by atoms with Gasteiger partial charge in [0.1, 0.15) is 134 Å². The van der Waals surface area contributed by atoms with Gasteiger partial charge in [-0.15, -0.1) is 0 Å². The van der Waals surface area contributed by atoms with Crippen LogP contribution >= 0.6 is 0 Å². The molecule has 0 aliphatic carbocycles. The Balaban J connectivity index is 1.07. The number of nitrogens with one attached hydrogen (secondary N) is 5. The molecule has 6 aliphatic heterocycles. The van der Waals surface area contributed by atoms with Crippen LogP contribution in [0.15, 0.2) is 24.3 Å². The maximum atomic E-state index is 14.0. The Morgan fingerprint density at radius 2 is 0.848 bits per heavy atom. The second-order valence-electron chi connectivity index (χ2n) is 26.0. The molecule has 35 nitrogen and oxygen atoms in total. The maximum Gasteiger partial charge on any atom is 0.251 e. The van der Waals surface area contributed by atoms with Crippen molar-refractivity contribution in [2.24, 2.45) is 5.92 Å². The summed E-state index contributed by atoms with van der Waals surface area (Å²) >= 11 is 0. The molecule has 5 amide bonds. The van der Waals surface area contributed by atoms with E-state index < -0.39 is 246 Å². The molecule has 35 heteroatoms. The number of carbonyl (C=O) groups excluding carboxylic acids is 5. The number of ether oxygens (including phenoxy) is 13. The molecule has 0 aromatic heterocycles. The van der Waals surface area contributed by atoms with Gasteiger partial charge >= 0.3 is 0 Å². The number of carbonyl (C=O) groups is 5. The van der Waals surface area contributed by atoms with Crippen LogP contribution in [0.3, 0.4) is 0 Å². The monoisotopic (exact) mass is 1420 g/mol. The first-order valence-electron chi connectivity index (χ1n) is 33.9. The second kappa shape index (κ2) is 38.8. The summed E-state index contributed by atoms with van der Waals surface area (Å²) in [4.78, 5) is 65.2. The highest BCUT2D eigenvalue weighted by Crippen LogP contribution is 2.37. The standard InChI is InChI=1S/C64H105N5O30/c1-9-10-11-12-13-14-15-16-17-21-88-35-20-18-19-34(22-35)58(85)69-42-48(80)47(79)36(23-70)92-60(42)96-54-37(24-71)93-61(43(50(54)82)66-31(5)75)97-55-38(25-72)94-62(44(51(55)83)67-32(6)76)98-56-39(26-73)95-63(45(52(56)84)68-33(7)77)99-57-40(91-59(86)41(49(57)81)65-30(4)74)27-89-64-53(87-8)28(2)46(78)29(3)90-64/h18-20,22,28-29,36-57,59-64,70-73,78-84,86H,9-17,21,23-27H2,1-8H3,(H,65,74)(H,66,75)(H,67,76)(H,68,77)(H,69,85)/t28-,29?,36?,37-,38?,39-,40?,41?,42-,43?,44-,45?,46?,47+,48+,49+,50?,51+,52?,53+,54+,55?,56+,57?,59?,60?,61?,62-,63?,64+/m0/s1. The highest BCUT2D eigenvalue weighted by Gasteiger charge is 2.58. The van der Waals surface area contributed by atoms with Crippen molar-refractivity contribution >= 4 is 29.5 Å². The van der Waals surface area contributed by atoms with Crippen LogP contribution in [0.1, 0.15) is 117 Å². The molecule has 6 heterocycles. The molecular formula is C64H105N5O30. The second-order valence-corrected chi connectivity index (χ2v) is 26.0. The van der Waals surface area contributed by atoms with Crippen molar-refractivity contribution in [2.75, 3.05) is 46.8 Å². The molecule has 0 spiro atoms. The maximum absolute atomic E-state index is 14.0. The molecule has 0 radical (unpaired) electrons. The first-order valence-corrected chi connectivity index (χ1v) is 33.9. The number of hydrogen-bond acceptors (Lipinski definition) is 30. The van der Waals surface area contributed by atoms with E-state index in [1.807, 2.05) is 0 Å². The zero-order valence-electron chi connectivity index (χ0n) is 57.0. The van der Waals surface area contributed by atoms with Crippen molar-refractivity contribution in [3.63, 3.8) is 0 Å². The summed E-state index contributed by atoms with van der Waals surface area (Å²) in [5, 5.41) is 148. The van der Waals surface area contributed by atoms with Gasteiger partial charge in [0.2, 0.25) is 23.6 Å². The molecule has 17 N–H and O–H groups in total. The van der Waals surface area contributed by atoms with Crippen LogP contribution < -0.4 is 31.3 Å². The van der Waals surface area contributed by atoms with Gasteiger partial charge in [-0.25, -0.2) is 0 Å². The Bertz CT molecular complexity index is 2680. The number of rotatable bonds is 33. The molecule has 6 fully saturated rings. The van der Waals surface area contributed by atoms with Crippen LogP contribution in [0, 0.1) is 5.92 Å². The molecule has 7 rings (SSSR count). The molecule has 1 aromatic carbocycles. The van der Waals surface area contributed by atoms with E-state index in [0.717, 1.165) is 53.4 Å². The molecule has 566 valence electrons. The summed E-state index contributed by atoms with van der Waals surface area (Å²) in [6.07, 6.45) is -30.0. The van der Waals surface area contributed by atoms with Crippen LogP contribution in [0.25, 0.3) is 0 Å². The lowest BCUT2D eigenvalue weighted by Crippen LogP contribution is -2.72. The van der Waals surface area contributed by atoms with Gasteiger partial charge in [0.15, 0.2) is 37.7 Å². The molecule has 16 unspecified atom stereocenters. The Kier molecular flexibility index (Phi) is 32.0. The summed E-state index contributed by atoms with van der Waals surface area (Å²) in [7, 11) is 1.37. The van der Waals surface area contributed by atoms with Gasteiger partial charge in [0.05, 0.1) is 51.8 Å². The average molecular weight is 1420 g/mol. The lowest BCUT2D eigenvalue weighted by atomic mass is 9.91. The number of methoxy groups -OCH3 is 1. The van der Waals surface area contributed by atoms with E-state index >= 15 is 0 Å². The summed E-state index contributed by atoms with van der Waals surface area (Å²) in [5.41, 5.74) is 0.0669. The third-order valence-electron chi connectivity index (χ3n) is 18.5. The Labute approximate surface area is 573 Å². The molecule has 6 aliphatic rings. The van der Waals surface area contributed by atoms with Gasteiger partial charge in [-0.05, 0) is 31.5 Å². The van der Waals surface area contributed by atoms with E-state index in [2.05, 4.69) is 33.5 Å². The van der Waals surface area contributed by atoms with Crippen molar-refractivity contribution in [2.45, 2.75) is 284 Å². The highest BCUT2D eigenvalue weighted by molar-refractivity contribution is 5.94. The molecule has 6 saturated heterocycles.